The zero-order chi connectivity index (χ0) is 15.4. The summed E-state index contributed by atoms with van der Waals surface area (Å²) in [5.41, 5.74) is 1.07. The van der Waals surface area contributed by atoms with E-state index in [1.165, 1.54) is 0 Å². The first-order valence-corrected chi connectivity index (χ1v) is 8.24. The number of rotatable bonds is 4. The SMILES string of the molecule is O=C1CC(c2ccccc2)CC(=O)C1C=NCc1cccs1. The van der Waals surface area contributed by atoms with Crippen LogP contribution in [0, 0.1) is 5.92 Å². The van der Waals surface area contributed by atoms with Gasteiger partial charge in [-0.05, 0) is 22.9 Å². The molecule has 1 saturated carbocycles. The van der Waals surface area contributed by atoms with Crippen LogP contribution in [0.1, 0.15) is 29.2 Å². The number of aliphatic imine (C=N–C) groups is 1. The maximum absolute atomic E-state index is 12.3. The lowest BCUT2D eigenvalue weighted by molar-refractivity contribution is -0.133. The van der Waals surface area contributed by atoms with E-state index < -0.39 is 5.92 Å². The van der Waals surface area contributed by atoms with Gasteiger partial charge in [-0.15, -0.1) is 11.3 Å². The molecule has 0 unspecified atom stereocenters. The summed E-state index contributed by atoms with van der Waals surface area (Å²) in [5.74, 6) is -0.664. The fourth-order valence-electron chi connectivity index (χ4n) is 2.77. The summed E-state index contributed by atoms with van der Waals surface area (Å²) >= 11 is 1.63. The highest BCUT2D eigenvalue weighted by atomic mass is 32.1. The van der Waals surface area contributed by atoms with Gasteiger partial charge in [0.05, 0.1) is 6.54 Å². The van der Waals surface area contributed by atoms with Crippen molar-refractivity contribution >= 4 is 29.1 Å². The van der Waals surface area contributed by atoms with Crippen molar-refractivity contribution in [3.63, 3.8) is 0 Å². The van der Waals surface area contributed by atoms with Gasteiger partial charge in [0, 0.05) is 23.9 Å². The third-order valence-corrected chi connectivity index (χ3v) is 4.80. The quantitative estimate of drug-likeness (QED) is 0.639. The lowest BCUT2D eigenvalue weighted by Gasteiger charge is -2.24. The van der Waals surface area contributed by atoms with Crippen LogP contribution in [0.3, 0.4) is 0 Å². The molecule has 0 spiro atoms. The molecule has 1 aliphatic carbocycles. The molecule has 0 atom stereocenters. The monoisotopic (exact) mass is 311 g/mol. The van der Waals surface area contributed by atoms with Gasteiger partial charge in [0.1, 0.15) is 17.5 Å². The number of hydrogen-bond acceptors (Lipinski definition) is 4. The zero-order valence-electron chi connectivity index (χ0n) is 12.1. The van der Waals surface area contributed by atoms with Crippen molar-refractivity contribution < 1.29 is 9.59 Å². The normalized spacial score (nSPS) is 22.4. The number of Topliss-reactive ketones (excluding diaryl/α,β-unsaturated/α-hetero) is 2. The molecule has 0 amide bonds. The van der Waals surface area contributed by atoms with Crippen LogP contribution in [0.25, 0.3) is 0 Å². The fraction of sp³-hybridized carbons (Fsp3) is 0.278. The van der Waals surface area contributed by atoms with Gasteiger partial charge in [0.15, 0.2) is 0 Å². The molecule has 2 aromatic rings. The molecule has 0 aliphatic heterocycles. The number of hydrogen-bond donors (Lipinski definition) is 0. The first-order chi connectivity index (χ1) is 10.7. The maximum atomic E-state index is 12.3. The van der Waals surface area contributed by atoms with E-state index in [0.717, 1.165) is 10.4 Å². The average Bonchev–Trinajstić information content (AvgIpc) is 3.04. The molecule has 22 heavy (non-hydrogen) atoms. The number of benzene rings is 1. The highest BCUT2D eigenvalue weighted by Gasteiger charge is 2.34. The van der Waals surface area contributed by atoms with Crippen LogP contribution in [-0.4, -0.2) is 17.8 Å². The Balaban J connectivity index is 1.65. The summed E-state index contributed by atoms with van der Waals surface area (Å²) in [4.78, 5) is 30.0. The number of carbonyl (C=O) groups excluding carboxylic acids is 2. The standard InChI is InChI=1S/C18H17NO2S/c20-17-9-14(13-5-2-1-3-6-13)10-18(21)16(17)12-19-11-15-7-4-8-22-15/h1-8,12,14,16H,9-11H2. The zero-order valence-corrected chi connectivity index (χ0v) is 13.0. The summed E-state index contributed by atoms with van der Waals surface area (Å²) in [6, 6.07) is 13.8. The molecule has 112 valence electrons. The van der Waals surface area contributed by atoms with Crippen molar-refractivity contribution in [2.75, 3.05) is 0 Å². The lowest BCUT2D eigenvalue weighted by atomic mass is 9.77. The summed E-state index contributed by atoms with van der Waals surface area (Å²) in [5, 5.41) is 1.99. The predicted octanol–water partition coefficient (Wildman–Crippen LogP) is 3.65. The van der Waals surface area contributed by atoms with Crippen molar-refractivity contribution in [3.05, 3.63) is 58.3 Å². The first-order valence-electron chi connectivity index (χ1n) is 7.37. The minimum Gasteiger partial charge on any atom is -0.298 e. The van der Waals surface area contributed by atoms with Gasteiger partial charge in [-0.2, -0.15) is 0 Å². The van der Waals surface area contributed by atoms with Gasteiger partial charge >= 0.3 is 0 Å². The van der Waals surface area contributed by atoms with Crippen LogP contribution in [-0.2, 0) is 16.1 Å². The van der Waals surface area contributed by atoms with Crippen LogP contribution in [0.15, 0.2) is 52.8 Å². The predicted molar refractivity (Wildman–Crippen MR) is 88.4 cm³/mol. The van der Waals surface area contributed by atoms with Crippen LogP contribution in [0.4, 0.5) is 0 Å². The van der Waals surface area contributed by atoms with E-state index in [1.54, 1.807) is 17.6 Å². The van der Waals surface area contributed by atoms with Gasteiger partial charge in [-0.1, -0.05) is 36.4 Å². The minimum atomic E-state index is -0.653. The van der Waals surface area contributed by atoms with Gasteiger partial charge in [0.25, 0.3) is 0 Å². The third-order valence-electron chi connectivity index (χ3n) is 3.94. The number of thiophene rings is 1. The Hall–Kier alpha value is -2.07. The number of carbonyl (C=O) groups is 2. The molecule has 3 nitrogen and oxygen atoms in total. The Morgan fingerprint density at radius 2 is 1.77 bits per heavy atom. The van der Waals surface area contributed by atoms with Gasteiger partial charge < -0.3 is 0 Å². The van der Waals surface area contributed by atoms with Gasteiger partial charge in [-0.3, -0.25) is 14.6 Å². The van der Waals surface area contributed by atoms with E-state index in [0.29, 0.717) is 19.4 Å². The number of ketones is 2. The van der Waals surface area contributed by atoms with Crippen molar-refractivity contribution in [2.24, 2.45) is 10.9 Å². The van der Waals surface area contributed by atoms with Crippen molar-refractivity contribution in [2.45, 2.75) is 25.3 Å². The van der Waals surface area contributed by atoms with Gasteiger partial charge in [0.2, 0.25) is 0 Å². The minimum absolute atomic E-state index is 0.0139. The van der Waals surface area contributed by atoms with Crippen molar-refractivity contribution in [1.29, 1.82) is 0 Å². The van der Waals surface area contributed by atoms with E-state index in [-0.39, 0.29) is 17.5 Å². The highest BCUT2D eigenvalue weighted by Crippen LogP contribution is 2.31. The molecular formula is C18H17NO2S. The van der Waals surface area contributed by atoms with E-state index >= 15 is 0 Å². The highest BCUT2D eigenvalue weighted by molar-refractivity contribution is 7.09. The summed E-state index contributed by atoms with van der Waals surface area (Å²) in [6.07, 6.45) is 2.39. The lowest BCUT2D eigenvalue weighted by Crippen LogP contribution is -2.33. The first kappa shape index (κ1) is 14.9. The van der Waals surface area contributed by atoms with Crippen LogP contribution in [0.2, 0.25) is 0 Å². The molecule has 0 saturated heterocycles. The summed E-state index contributed by atoms with van der Waals surface area (Å²) in [7, 11) is 0. The van der Waals surface area contributed by atoms with E-state index in [2.05, 4.69) is 4.99 Å². The molecule has 3 rings (SSSR count). The summed E-state index contributed by atoms with van der Waals surface area (Å²) in [6.45, 7) is 0.539. The van der Waals surface area contributed by atoms with E-state index in [1.807, 2.05) is 47.8 Å². The topological polar surface area (TPSA) is 46.5 Å². The molecule has 1 aromatic heterocycles. The largest absolute Gasteiger partial charge is 0.298 e. The van der Waals surface area contributed by atoms with Crippen LogP contribution in [0.5, 0.6) is 0 Å². The molecule has 0 bridgehead atoms. The third kappa shape index (κ3) is 3.39. The van der Waals surface area contributed by atoms with Crippen LogP contribution < -0.4 is 0 Å². The Morgan fingerprint density at radius 1 is 1.05 bits per heavy atom. The Labute approximate surface area is 133 Å². The Morgan fingerprint density at radius 3 is 2.41 bits per heavy atom. The van der Waals surface area contributed by atoms with Crippen LogP contribution >= 0.6 is 11.3 Å². The molecule has 1 aromatic carbocycles. The Bertz CT molecular complexity index is 658. The number of nitrogens with zero attached hydrogens (tertiary/aromatic N) is 1. The maximum Gasteiger partial charge on any atom is 0.149 e. The van der Waals surface area contributed by atoms with Crippen molar-refractivity contribution in [3.8, 4) is 0 Å². The summed E-state index contributed by atoms with van der Waals surface area (Å²) < 4.78 is 0. The second kappa shape index (κ2) is 6.79. The molecule has 1 aliphatic rings. The van der Waals surface area contributed by atoms with Crippen molar-refractivity contribution in [1.82, 2.24) is 0 Å². The molecule has 1 fully saturated rings. The molecule has 0 N–H and O–H groups in total. The smallest absolute Gasteiger partial charge is 0.149 e. The molecule has 0 radical (unpaired) electrons. The Kier molecular flexibility index (Phi) is 4.59. The molecular weight excluding hydrogens is 294 g/mol. The second-order valence-corrected chi connectivity index (χ2v) is 6.53. The van der Waals surface area contributed by atoms with Gasteiger partial charge in [-0.25, -0.2) is 0 Å². The van der Waals surface area contributed by atoms with E-state index in [4.69, 9.17) is 0 Å². The fourth-order valence-corrected chi connectivity index (χ4v) is 3.41. The molecule has 4 heteroatoms. The second-order valence-electron chi connectivity index (χ2n) is 5.50. The van der Waals surface area contributed by atoms with E-state index in [9.17, 15) is 9.59 Å². The molecule has 1 heterocycles. The average molecular weight is 311 g/mol.